The highest BCUT2D eigenvalue weighted by molar-refractivity contribution is 5.42. The first-order valence-corrected chi connectivity index (χ1v) is 5.15. The molecule has 0 atom stereocenters. The molecule has 0 unspecified atom stereocenters. The normalized spacial score (nSPS) is 10.4. The van der Waals surface area contributed by atoms with Crippen molar-refractivity contribution >= 4 is 5.69 Å². The molecule has 0 bridgehead atoms. The number of aryl methyl sites for hydroxylation is 1. The maximum atomic E-state index is 12.9. The van der Waals surface area contributed by atoms with Crippen LogP contribution in [0.1, 0.15) is 12.7 Å². The van der Waals surface area contributed by atoms with E-state index in [4.69, 9.17) is 0 Å². The number of nitrogens with one attached hydrogen (secondary N) is 1. The third-order valence-corrected chi connectivity index (χ3v) is 2.27. The Labute approximate surface area is 93.1 Å². The Morgan fingerprint density at radius 1 is 1.44 bits per heavy atom. The molecule has 5 heteroatoms. The van der Waals surface area contributed by atoms with Crippen LogP contribution in [0.5, 0.6) is 0 Å². The first-order chi connectivity index (χ1) is 7.79. The van der Waals surface area contributed by atoms with E-state index in [1.54, 1.807) is 10.7 Å². The fourth-order valence-electron chi connectivity index (χ4n) is 1.47. The Balaban J connectivity index is 2.02. The van der Waals surface area contributed by atoms with Crippen LogP contribution in [0.15, 0.2) is 30.6 Å². The van der Waals surface area contributed by atoms with Crippen LogP contribution >= 0.6 is 0 Å². The van der Waals surface area contributed by atoms with Gasteiger partial charge in [0.05, 0.1) is 6.54 Å². The van der Waals surface area contributed by atoms with E-state index in [2.05, 4.69) is 15.4 Å². The molecule has 1 aromatic heterocycles. The smallest absolute Gasteiger partial charge is 0.146 e. The quantitative estimate of drug-likeness (QED) is 0.857. The van der Waals surface area contributed by atoms with Crippen LogP contribution in [0.3, 0.4) is 0 Å². The first kappa shape index (κ1) is 10.6. The van der Waals surface area contributed by atoms with E-state index < -0.39 is 0 Å². The molecule has 1 heterocycles. The zero-order valence-electron chi connectivity index (χ0n) is 9.02. The summed E-state index contributed by atoms with van der Waals surface area (Å²) in [5.41, 5.74) is 0.741. The molecular formula is C11H13FN4. The van der Waals surface area contributed by atoms with Gasteiger partial charge in [-0.3, -0.25) is 0 Å². The van der Waals surface area contributed by atoms with Crippen molar-refractivity contribution in [2.75, 3.05) is 5.32 Å². The van der Waals surface area contributed by atoms with Gasteiger partial charge in [0.15, 0.2) is 0 Å². The Hall–Kier alpha value is -1.91. The number of hydrogen-bond acceptors (Lipinski definition) is 3. The fourth-order valence-corrected chi connectivity index (χ4v) is 1.47. The average molecular weight is 220 g/mol. The van der Waals surface area contributed by atoms with Crippen LogP contribution in [0.2, 0.25) is 0 Å². The summed E-state index contributed by atoms with van der Waals surface area (Å²) in [6.07, 6.45) is 1.52. The SMILES string of the molecule is CCn1ncnc1CNc1cccc(F)c1. The van der Waals surface area contributed by atoms with Crippen molar-refractivity contribution < 1.29 is 4.39 Å². The van der Waals surface area contributed by atoms with Gasteiger partial charge in [0.25, 0.3) is 0 Å². The number of hydrogen-bond donors (Lipinski definition) is 1. The van der Waals surface area contributed by atoms with Crippen LogP contribution in [-0.2, 0) is 13.1 Å². The number of anilines is 1. The Bertz CT molecular complexity index is 467. The molecule has 2 rings (SSSR count). The Morgan fingerprint density at radius 3 is 3.06 bits per heavy atom. The minimum absolute atomic E-state index is 0.248. The molecule has 16 heavy (non-hydrogen) atoms. The van der Waals surface area contributed by atoms with Crippen molar-refractivity contribution in [2.45, 2.75) is 20.0 Å². The average Bonchev–Trinajstić information content (AvgIpc) is 2.74. The van der Waals surface area contributed by atoms with Gasteiger partial charge in [0.1, 0.15) is 18.0 Å². The van der Waals surface area contributed by atoms with Gasteiger partial charge >= 0.3 is 0 Å². The van der Waals surface area contributed by atoms with E-state index >= 15 is 0 Å². The third-order valence-electron chi connectivity index (χ3n) is 2.27. The number of rotatable bonds is 4. The zero-order chi connectivity index (χ0) is 11.4. The van der Waals surface area contributed by atoms with Gasteiger partial charge in [-0.2, -0.15) is 5.10 Å². The molecule has 0 aliphatic heterocycles. The van der Waals surface area contributed by atoms with E-state index in [-0.39, 0.29) is 5.82 Å². The molecule has 0 amide bonds. The Kier molecular flexibility index (Phi) is 3.14. The third kappa shape index (κ3) is 2.36. The summed E-state index contributed by atoms with van der Waals surface area (Å²) in [7, 11) is 0. The lowest BCUT2D eigenvalue weighted by molar-refractivity contribution is 0.620. The van der Waals surface area contributed by atoms with Crippen molar-refractivity contribution in [3.63, 3.8) is 0 Å². The molecule has 4 nitrogen and oxygen atoms in total. The number of benzene rings is 1. The number of nitrogens with zero attached hydrogens (tertiary/aromatic N) is 3. The largest absolute Gasteiger partial charge is 0.378 e. The van der Waals surface area contributed by atoms with Crippen molar-refractivity contribution in [1.29, 1.82) is 0 Å². The van der Waals surface area contributed by atoms with E-state index in [1.807, 2.05) is 13.0 Å². The first-order valence-electron chi connectivity index (χ1n) is 5.15. The van der Waals surface area contributed by atoms with Gasteiger partial charge in [0, 0.05) is 12.2 Å². The van der Waals surface area contributed by atoms with Gasteiger partial charge in [-0.1, -0.05) is 6.07 Å². The number of halogens is 1. The summed E-state index contributed by atoms with van der Waals surface area (Å²) in [5.74, 6) is 0.591. The molecule has 0 radical (unpaired) electrons. The predicted molar refractivity (Wildman–Crippen MR) is 59.4 cm³/mol. The summed E-state index contributed by atoms with van der Waals surface area (Å²) in [6, 6.07) is 6.35. The van der Waals surface area contributed by atoms with Gasteiger partial charge in [-0.05, 0) is 25.1 Å². The Morgan fingerprint density at radius 2 is 2.31 bits per heavy atom. The summed E-state index contributed by atoms with van der Waals surface area (Å²) in [6.45, 7) is 3.32. The summed E-state index contributed by atoms with van der Waals surface area (Å²) >= 11 is 0. The standard InChI is InChI=1S/C11H13FN4/c1-2-16-11(14-8-15-16)7-13-10-5-3-4-9(12)6-10/h3-6,8,13H,2,7H2,1H3. The second kappa shape index (κ2) is 4.74. The molecule has 0 aliphatic carbocycles. The van der Waals surface area contributed by atoms with E-state index in [9.17, 15) is 4.39 Å². The molecule has 0 spiro atoms. The van der Waals surface area contributed by atoms with E-state index in [0.29, 0.717) is 6.54 Å². The molecule has 1 N–H and O–H groups in total. The van der Waals surface area contributed by atoms with Crippen molar-refractivity contribution in [3.05, 3.63) is 42.2 Å². The lowest BCUT2D eigenvalue weighted by Crippen LogP contribution is -2.09. The molecule has 0 aliphatic rings. The molecule has 0 saturated heterocycles. The monoisotopic (exact) mass is 220 g/mol. The second-order valence-electron chi connectivity index (χ2n) is 3.36. The molecule has 0 saturated carbocycles. The highest BCUT2D eigenvalue weighted by Gasteiger charge is 2.02. The highest BCUT2D eigenvalue weighted by Crippen LogP contribution is 2.10. The lowest BCUT2D eigenvalue weighted by Gasteiger charge is -2.06. The zero-order valence-corrected chi connectivity index (χ0v) is 9.02. The fraction of sp³-hybridized carbons (Fsp3) is 0.273. The summed E-state index contributed by atoms with van der Waals surface area (Å²) in [5, 5.41) is 7.16. The van der Waals surface area contributed by atoms with Crippen LogP contribution < -0.4 is 5.32 Å². The molecule has 0 fully saturated rings. The van der Waals surface area contributed by atoms with E-state index in [1.165, 1.54) is 18.5 Å². The molecular weight excluding hydrogens is 207 g/mol. The summed E-state index contributed by atoms with van der Waals surface area (Å²) in [4.78, 5) is 4.12. The number of aromatic nitrogens is 3. The van der Waals surface area contributed by atoms with Crippen molar-refractivity contribution in [3.8, 4) is 0 Å². The van der Waals surface area contributed by atoms with Crippen molar-refractivity contribution in [2.24, 2.45) is 0 Å². The minimum atomic E-state index is -0.248. The van der Waals surface area contributed by atoms with Crippen LogP contribution in [-0.4, -0.2) is 14.8 Å². The molecule has 2 aromatic rings. The van der Waals surface area contributed by atoms with Gasteiger partial charge < -0.3 is 5.32 Å². The summed E-state index contributed by atoms with van der Waals surface area (Å²) < 4.78 is 14.7. The van der Waals surface area contributed by atoms with E-state index in [0.717, 1.165) is 18.1 Å². The molecule has 84 valence electrons. The minimum Gasteiger partial charge on any atom is -0.378 e. The highest BCUT2D eigenvalue weighted by atomic mass is 19.1. The maximum Gasteiger partial charge on any atom is 0.146 e. The van der Waals surface area contributed by atoms with Gasteiger partial charge in [-0.25, -0.2) is 14.1 Å². The van der Waals surface area contributed by atoms with Gasteiger partial charge in [-0.15, -0.1) is 0 Å². The topological polar surface area (TPSA) is 42.7 Å². The maximum absolute atomic E-state index is 12.9. The van der Waals surface area contributed by atoms with Crippen molar-refractivity contribution in [1.82, 2.24) is 14.8 Å². The second-order valence-corrected chi connectivity index (χ2v) is 3.36. The molecule has 1 aromatic carbocycles. The van der Waals surface area contributed by atoms with Gasteiger partial charge in [0.2, 0.25) is 0 Å². The lowest BCUT2D eigenvalue weighted by atomic mass is 10.3. The predicted octanol–water partition coefficient (Wildman–Crippen LogP) is 2.05. The van der Waals surface area contributed by atoms with Crippen LogP contribution in [0.4, 0.5) is 10.1 Å². The van der Waals surface area contributed by atoms with Crippen LogP contribution in [0, 0.1) is 5.82 Å². The van der Waals surface area contributed by atoms with Crippen LogP contribution in [0.25, 0.3) is 0 Å².